The normalized spacial score (nSPS) is 14.6. The number of pyridine rings is 1. The van der Waals surface area contributed by atoms with Crippen molar-refractivity contribution in [1.82, 2.24) is 24.5 Å². The molecule has 0 unspecified atom stereocenters. The van der Waals surface area contributed by atoms with Crippen molar-refractivity contribution in [1.29, 1.82) is 0 Å². The van der Waals surface area contributed by atoms with Gasteiger partial charge in [-0.25, -0.2) is 9.67 Å². The van der Waals surface area contributed by atoms with Crippen molar-refractivity contribution in [3.05, 3.63) is 54.6 Å². The lowest BCUT2D eigenvalue weighted by Gasteiger charge is -2.24. The number of aliphatic hydroxyl groups is 1. The zero-order valence-electron chi connectivity index (χ0n) is 17.0. The van der Waals surface area contributed by atoms with Crippen LogP contribution in [0.4, 0.5) is 13.2 Å². The molecule has 1 aliphatic rings. The third-order valence-electron chi connectivity index (χ3n) is 5.68. The second kappa shape index (κ2) is 7.94. The fourth-order valence-corrected chi connectivity index (χ4v) is 3.97. The number of rotatable bonds is 6. The van der Waals surface area contributed by atoms with E-state index >= 15 is 0 Å². The van der Waals surface area contributed by atoms with Crippen molar-refractivity contribution in [2.45, 2.75) is 38.1 Å². The zero-order chi connectivity index (χ0) is 22.3. The standard InChI is InChI=1S/C22H20F3N5O2/c23-22(24,25)32-17-6-4-16(5-7-17)30-21-19(20(28-30)14-2-1-3-14)18(8-9-26-21)15-12-27-29(13-15)10-11-31/h4-9,12-14,31H,1-3,10-11H2. The van der Waals surface area contributed by atoms with Gasteiger partial charge >= 0.3 is 6.36 Å². The quantitative estimate of drug-likeness (QED) is 0.477. The minimum Gasteiger partial charge on any atom is -0.406 e. The molecule has 4 aromatic rings. The smallest absolute Gasteiger partial charge is 0.406 e. The van der Waals surface area contributed by atoms with Gasteiger partial charge in [0.15, 0.2) is 5.65 Å². The topological polar surface area (TPSA) is 78.0 Å². The van der Waals surface area contributed by atoms with E-state index < -0.39 is 6.36 Å². The fraction of sp³-hybridized carbons (Fsp3) is 0.318. The lowest BCUT2D eigenvalue weighted by atomic mass is 9.81. The van der Waals surface area contributed by atoms with Crippen LogP contribution >= 0.6 is 0 Å². The predicted octanol–water partition coefficient (Wildman–Crippen LogP) is 4.44. The molecular formula is C22H20F3N5O2. The van der Waals surface area contributed by atoms with Gasteiger partial charge < -0.3 is 9.84 Å². The van der Waals surface area contributed by atoms with Gasteiger partial charge in [0.2, 0.25) is 0 Å². The Morgan fingerprint density at radius 2 is 1.91 bits per heavy atom. The van der Waals surface area contributed by atoms with Gasteiger partial charge in [-0.05, 0) is 48.7 Å². The van der Waals surface area contributed by atoms with E-state index in [1.165, 1.54) is 24.3 Å². The molecule has 0 bridgehead atoms. The maximum Gasteiger partial charge on any atom is 0.573 e. The number of hydrogen-bond donors (Lipinski definition) is 1. The van der Waals surface area contributed by atoms with Crippen LogP contribution in [0, 0.1) is 0 Å². The predicted molar refractivity (Wildman–Crippen MR) is 110 cm³/mol. The SMILES string of the molecule is OCCn1cc(-c2ccnc3c2c(C2CCC2)nn3-c2ccc(OC(F)(F)F)cc2)cn1. The van der Waals surface area contributed by atoms with E-state index in [1.807, 2.05) is 12.3 Å². The first-order chi connectivity index (χ1) is 15.4. The Morgan fingerprint density at radius 1 is 1.12 bits per heavy atom. The summed E-state index contributed by atoms with van der Waals surface area (Å²) < 4.78 is 44.8. The Balaban J connectivity index is 1.61. The van der Waals surface area contributed by atoms with Crippen LogP contribution in [-0.4, -0.2) is 42.6 Å². The molecule has 1 fully saturated rings. The molecule has 1 saturated carbocycles. The number of halogens is 3. The first-order valence-corrected chi connectivity index (χ1v) is 10.3. The van der Waals surface area contributed by atoms with Crippen LogP contribution in [0.3, 0.4) is 0 Å². The van der Waals surface area contributed by atoms with E-state index in [4.69, 9.17) is 5.10 Å². The fourth-order valence-electron chi connectivity index (χ4n) is 3.97. The summed E-state index contributed by atoms with van der Waals surface area (Å²) in [6, 6.07) is 7.51. The van der Waals surface area contributed by atoms with Gasteiger partial charge in [0.05, 0.1) is 36.1 Å². The first kappa shape index (κ1) is 20.5. The van der Waals surface area contributed by atoms with Crippen molar-refractivity contribution < 1.29 is 23.0 Å². The Bertz CT molecular complexity index is 1240. The molecule has 1 N–H and O–H groups in total. The van der Waals surface area contributed by atoms with Crippen molar-refractivity contribution in [2.75, 3.05) is 6.61 Å². The molecule has 7 nitrogen and oxygen atoms in total. The average molecular weight is 443 g/mol. The Labute approximate surface area is 181 Å². The highest BCUT2D eigenvalue weighted by Gasteiger charge is 2.31. The van der Waals surface area contributed by atoms with Gasteiger partial charge in [0.25, 0.3) is 0 Å². The summed E-state index contributed by atoms with van der Waals surface area (Å²) in [5, 5.41) is 19.2. The van der Waals surface area contributed by atoms with Gasteiger partial charge in [-0.15, -0.1) is 13.2 Å². The van der Waals surface area contributed by atoms with E-state index in [0.717, 1.165) is 41.5 Å². The van der Waals surface area contributed by atoms with E-state index in [2.05, 4.69) is 14.8 Å². The minimum absolute atomic E-state index is 0.00776. The number of hydrogen-bond acceptors (Lipinski definition) is 5. The van der Waals surface area contributed by atoms with Crippen molar-refractivity contribution in [2.24, 2.45) is 0 Å². The van der Waals surface area contributed by atoms with Gasteiger partial charge in [-0.3, -0.25) is 4.68 Å². The number of alkyl halides is 3. The highest BCUT2D eigenvalue weighted by molar-refractivity contribution is 5.95. The van der Waals surface area contributed by atoms with Crippen molar-refractivity contribution in [3.63, 3.8) is 0 Å². The lowest BCUT2D eigenvalue weighted by molar-refractivity contribution is -0.274. The molecule has 1 aromatic carbocycles. The van der Waals surface area contributed by atoms with Gasteiger partial charge in [0.1, 0.15) is 5.75 Å². The molecule has 5 rings (SSSR count). The maximum atomic E-state index is 12.5. The number of benzene rings is 1. The summed E-state index contributed by atoms with van der Waals surface area (Å²) in [6.07, 6.45) is 3.75. The van der Waals surface area contributed by atoms with Gasteiger partial charge in [-0.2, -0.15) is 10.2 Å². The monoisotopic (exact) mass is 443 g/mol. The molecule has 32 heavy (non-hydrogen) atoms. The molecule has 1 aliphatic carbocycles. The molecule has 0 saturated heterocycles. The van der Waals surface area contributed by atoms with Crippen molar-refractivity contribution in [3.8, 4) is 22.6 Å². The van der Waals surface area contributed by atoms with Gasteiger partial charge in [0, 0.05) is 23.9 Å². The summed E-state index contributed by atoms with van der Waals surface area (Å²) in [5.41, 5.74) is 3.98. The van der Waals surface area contributed by atoms with Crippen molar-refractivity contribution >= 4 is 11.0 Å². The van der Waals surface area contributed by atoms with E-state index in [1.54, 1.807) is 21.8 Å². The number of ether oxygens (including phenoxy) is 1. The van der Waals surface area contributed by atoms with Crippen LogP contribution in [0.15, 0.2) is 48.9 Å². The Hall–Kier alpha value is -3.40. The van der Waals surface area contributed by atoms with Crippen LogP contribution in [0.25, 0.3) is 27.8 Å². The number of nitrogens with zero attached hydrogens (tertiary/aromatic N) is 5. The number of aromatic nitrogens is 5. The van der Waals surface area contributed by atoms with Gasteiger partial charge in [-0.1, -0.05) is 6.42 Å². The van der Waals surface area contributed by atoms with Crippen LogP contribution < -0.4 is 4.74 Å². The Kier molecular flexibility index (Phi) is 5.09. The zero-order valence-corrected chi connectivity index (χ0v) is 17.0. The molecular weight excluding hydrogens is 423 g/mol. The van der Waals surface area contributed by atoms with Crippen LogP contribution in [-0.2, 0) is 6.54 Å². The number of fused-ring (bicyclic) bond motifs is 1. The maximum absolute atomic E-state index is 12.5. The average Bonchev–Trinajstić information content (AvgIpc) is 3.32. The number of aliphatic hydroxyl groups excluding tert-OH is 1. The molecule has 3 heterocycles. The largest absolute Gasteiger partial charge is 0.573 e. The summed E-state index contributed by atoms with van der Waals surface area (Å²) in [7, 11) is 0. The molecule has 0 atom stereocenters. The van der Waals surface area contributed by atoms with Crippen LogP contribution in [0.2, 0.25) is 0 Å². The highest BCUT2D eigenvalue weighted by atomic mass is 19.4. The molecule has 166 valence electrons. The van der Waals surface area contributed by atoms with Crippen LogP contribution in [0.5, 0.6) is 5.75 Å². The molecule has 0 radical (unpaired) electrons. The molecule has 0 amide bonds. The summed E-state index contributed by atoms with van der Waals surface area (Å²) in [5.74, 6) is 0.0175. The summed E-state index contributed by atoms with van der Waals surface area (Å²) >= 11 is 0. The summed E-state index contributed by atoms with van der Waals surface area (Å²) in [6.45, 7) is 0.390. The third kappa shape index (κ3) is 3.81. The molecule has 10 heteroatoms. The van der Waals surface area contributed by atoms with E-state index in [9.17, 15) is 18.3 Å². The molecule has 3 aromatic heterocycles. The van der Waals surface area contributed by atoms with E-state index in [-0.39, 0.29) is 12.4 Å². The summed E-state index contributed by atoms with van der Waals surface area (Å²) in [4.78, 5) is 4.55. The lowest BCUT2D eigenvalue weighted by Crippen LogP contribution is -2.17. The third-order valence-corrected chi connectivity index (χ3v) is 5.68. The van der Waals surface area contributed by atoms with Crippen LogP contribution in [0.1, 0.15) is 30.9 Å². The first-order valence-electron chi connectivity index (χ1n) is 10.3. The van der Waals surface area contributed by atoms with E-state index in [0.29, 0.717) is 23.8 Å². The minimum atomic E-state index is -4.74. The second-order valence-corrected chi connectivity index (χ2v) is 7.74. The highest BCUT2D eigenvalue weighted by Crippen LogP contribution is 2.42. The second-order valence-electron chi connectivity index (χ2n) is 7.74. The molecule has 0 spiro atoms. The Morgan fingerprint density at radius 3 is 2.56 bits per heavy atom. The molecule has 0 aliphatic heterocycles.